The van der Waals surface area contributed by atoms with Crippen molar-refractivity contribution in [1.29, 1.82) is 0 Å². The zero-order chi connectivity index (χ0) is 13.4. The van der Waals surface area contributed by atoms with E-state index in [1.165, 1.54) is 11.3 Å². The molecule has 3 heterocycles. The van der Waals surface area contributed by atoms with Crippen LogP contribution >= 0.6 is 23.6 Å². The first-order valence-corrected chi connectivity index (χ1v) is 7.12. The Bertz CT molecular complexity index is 839. The number of nitrogens with zero attached hydrogens (tertiary/aromatic N) is 3. The van der Waals surface area contributed by atoms with E-state index in [2.05, 4.69) is 10.1 Å². The van der Waals surface area contributed by atoms with Gasteiger partial charge in [0.05, 0.1) is 11.7 Å². The second-order valence-electron chi connectivity index (χ2n) is 4.32. The van der Waals surface area contributed by atoms with E-state index < -0.39 is 0 Å². The molecule has 0 atom stereocenters. The highest BCUT2D eigenvalue weighted by Gasteiger charge is 2.07. The van der Waals surface area contributed by atoms with E-state index >= 15 is 0 Å². The number of thiophene rings is 1. The quantitative estimate of drug-likeness (QED) is 0.752. The molecule has 0 radical (unpaired) electrons. The molecule has 0 spiro atoms. The standard InChI is InChI=1S/C12H12N4OS2/c1-15-7-8(6-13-15)2-4-16-11(17)10-9(3-5-19-10)14-12(16)18/h3,5-7H,2,4H2,1H3,(H,14,18). The fourth-order valence-corrected chi connectivity index (χ4v) is 3.10. The summed E-state index contributed by atoms with van der Waals surface area (Å²) in [6, 6.07) is 1.88. The summed E-state index contributed by atoms with van der Waals surface area (Å²) < 4.78 is 4.56. The largest absolute Gasteiger partial charge is 0.331 e. The molecule has 0 aromatic carbocycles. The van der Waals surface area contributed by atoms with Crippen LogP contribution in [0.3, 0.4) is 0 Å². The van der Waals surface area contributed by atoms with Gasteiger partial charge < -0.3 is 4.98 Å². The molecule has 0 aliphatic carbocycles. The third kappa shape index (κ3) is 2.26. The minimum atomic E-state index is -0.0161. The van der Waals surface area contributed by atoms with Gasteiger partial charge >= 0.3 is 0 Å². The highest BCUT2D eigenvalue weighted by Crippen LogP contribution is 2.14. The molecular formula is C12H12N4OS2. The zero-order valence-corrected chi connectivity index (χ0v) is 11.9. The maximum Gasteiger partial charge on any atom is 0.272 e. The van der Waals surface area contributed by atoms with Crippen LogP contribution in [0.15, 0.2) is 28.6 Å². The summed E-state index contributed by atoms with van der Waals surface area (Å²) in [5.41, 5.74) is 1.89. The van der Waals surface area contributed by atoms with Crippen molar-refractivity contribution in [1.82, 2.24) is 19.3 Å². The van der Waals surface area contributed by atoms with Crippen molar-refractivity contribution in [2.75, 3.05) is 0 Å². The number of rotatable bonds is 3. The van der Waals surface area contributed by atoms with Gasteiger partial charge in [0.1, 0.15) is 4.70 Å². The van der Waals surface area contributed by atoms with Crippen LogP contribution in [0.2, 0.25) is 0 Å². The second-order valence-corrected chi connectivity index (χ2v) is 5.63. The fraction of sp³-hybridized carbons (Fsp3) is 0.250. The van der Waals surface area contributed by atoms with E-state index in [9.17, 15) is 4.79 Å². The van der Waals surface area contributed by atoms with Crippen LogP contribution < -0.4 is 5.56 Å². The number of H-pyrrole nitrogens is 1. The van der Waals surface area contributed by atoms with Crippen LogP contribution in [0.4, 0.5) is 0 Å². The predicted molar refractivity (Wildman–Crippen MR) is 78.2 cm³/mol. The first-order valence-electron chi connectivity index (χ1n) is 5.83. The van der Waals surface area contributed by atoms with Crippen molar-refractivity contribution in [3.05, 3.63) is 44.5 Å². The Kier molecular flexibility index (Phi) is 3.08. The van der Waals surface area contributed by atoms with Gasteiger partial charge in [-0.05, 0) is 35.6 Å². The van der Waals surface area contributed by atoms with Crippen LogP contribution in [-0.4, -0.2) is 19.3 Å². The van der Waals surface area contributed by atoms with E-state index in [1.54, 1.807) is 9.25 Å². The average Bonchev–Trinajstić information content (AvgIpc) is 2.98. The SMILES string of the molecule is Cn1cc(CCn2c(=S)[nH]c3ccsc3c2=O)cn1. The summed E-state index contributed by atoms with van der Waals surface area (Å²) in [7, 11) is 1.87. The second kappa shape index (κ2) is 4.75. The van der Waals surface area contributed by atoms with E-state index in [-0.39, 0.29) is 5.56 Å². The third-order valence-corrected chi connectivity index (χ3v) is 4.20. The molecule has 19 heavy (non-hydrogen) atoms. The van der Waals surface area contributed by atoms with Gasteiger partial charge in [0, 0.05) is 19.8 Å². The zero-order valence-electron chi connectivity index (χ0n) is 10.3. The number of fused-ring (bicyclic) bond motifs is 1. The summed E-state index contributed by atoms with van der Waals surface area (Å²) in [6.07, 6.45) is 4.49. The van der Waals surface area contributed by atoms with E-state index in [0.717, 1.165) is 22.2 Å². The molecule has 5 nitrogen and oxygen atoms in total. The highest BCUT2D eigenvalue weighted by molar-refractivity contribution is 7.71. The van der Waals surface area contributed by atoms with Gasteiger partial charge in [0.15, 0.2) is 4.77 Å². The molecule has 0 aliphatic heterocycles. The van der Waals surface area contributed by atoms with Gasteiger partial charge in [-0.2, -0.15) is 5.10 Å². The molecule has 7 heteroatoms. The lowest BCUT2D eigenvalue weighted by atomic mass is 10.2. The van der Waals surface area contributed by atoms with Crippen molar-refractivity contribution >= 4 is 33.8 Å². The van der Waals surface area contributed by atoms with Gasteiger partial charge in [0.2, 0.25) is 0 Å². The number of aromatic nitrogens is 4. The van der Waals surface area contributed by atoms with Crippen LogP contribution in [0.1, 0.15) is 5.56 Å². The molecule has 0 aliphatic rings. The molecule has 98 valence electrons. The smallest absolute Gasteiger partial charge is 0.272 e. The summed E-state index contributed by atoms with van der Waals surface area (Å²) in [5.74, 6) is 0. The molecular weight excluding hydrogens is 280 g/mol. The fourth-order valence-electron chi connectivity index (χ4n) is 2.02. The number of hydrogen-bond acceptors (Lipinski definition) is 4. The Morgan fingerprint density at radius 2 is 2.37 bits per heavy atom. The molecule has 0 saturated heterocycles. The number of nitrogens with one attached hydrogen (secondary N) is 1. The van der Waals surface area contributed by atoms with E-state index in [1.807, 2.05) is 30.9 Å². The molecule has 3 aromatic rings. The Hall–Kier alpha value is -1.73. The Balaban J connectivity index is 1.96. The molecule has 1 N–H and O–H groups in total. The van der Waals surface area contributed by atoms with Crippen molar-refractivity contribution in [2.24, 2.45) is 7.05 Å². The predicted octanol–water partition coefficient (Wildman–Crippen LogP) is 2.10. The monoisotopic (exact) mass is 292 g/mol. The lowest BCUT2D eigenvalue weighted by Crippen LogP contribution is -2.22. The first-order chi connectivity index (χ1) is 9.15. The van der Waals surface area contributed by atoms with Gasteiger partial charge in [-0.1, -0.05) is 0 Å². The lowest BCUT2D eigenvalue weighted by molar-refractivity contribution is 0.653. The molecule has 3 rings (SSSR count). The van der Waals surface area contributed by atoms with Crippen LogP contribution in [-0.2, 0) is 20.0 Å². The minimum absolute atomic E-state index is 0.0161. The van der Waals surface area contributed by atoms with Gasteiger partial charge in [-0.25, -0.2) is 0 Å². The van der Waals surface area contributed by atoms with Crippen molar-refractivity contribution in [3.63, 3.8) is 0 Å². The lowest BCUT2D eigenvalue weighted by Gasteiger charge is -2.05. The van der Waals surface area contributed by atoms with Crippen molar-refractivity contribution < 1.29 is 0 Å². The first kappa shape index (κ1) is 12.3. The molecule has 0 fully saturated rings. The maximum atomic E-state index is 12.3. The highest BCUT2D eigenvalue weighted by atomic mass is 32.1. The number of aryl methyl sites for hydroxylation is 2. The third-order valence-electron chi connectivity index (χ3n) is 2.97. The molecule has 0 saturated carbocycles. The molecule has 0 unspecified atom stereocenters. The van der Waals surface area contributed by atoms with Gasteiger partial charge in [-0.3, -0.25) is 14.0 Å². The Morgan fingerprint density at radius 1 is 1.53 bits per heavy atom. The van der Waals surface area contributed by atoms with Crippen LogP contribution in [0.5, 0.6) is 0 Å². The van der Waals surface area contributed by atoms with Gasteiger partial charge in [0.25, 0.3) is 5.56 Å². The Labute approximate surface area is 118 Å². The summed E-state index contributed by atoms with van der Waals surface area (Å²) >= 11 is 6.68. The summed E-state index contributed by atoms with van der Waals surface area (Å²) in [5, 5.41) is 6.00. The molecule has 0 bridgehead atoms. The normalized spacial score (nSPS) is 11.2. The van der Waals surface area contributed by atoms with Crippen molar-refractivity contribution in [3.8, 4) is 0 Å². The summed E-state index contributed by atoms with van der Waals surface area (Å²) in [4.78, 5) is 15.4. The summed E-state index contributed by atoms with van der Waals surface area (Å²) in [6.45, 7) is 0.563. The topological polar surface area (TPSA) is 55.6 Å². The van der Waals surface area contributed by atoms with Gasteiger partial charge in [-0.15, -0.1) is 11.3 Å². The number of hydrogen-bond donors (Lipinski definition) is 1. The number of aromatic amines is 1. The molecule has 3 aromatic heterocycles. The van der Waals surface area contributed by atoms with Crippen molar-refractivity contribution in [2.45, 2.75) is 13.0 Å². The minimum Gasteiger partial charge on any atom is -0.331 e. The maximum absolute atomic E-state index is 12.3. The average molecular weight is 292 g/mol. The van der Waals surface area contributed by atoms with Crippen LogP contribution in [0, 0.1) is 4.77 Å². The van der Waals surface area contributed by atoms with E-state index in [4.69, 9.17) is 12.2 Å². The Morgan fingerprint density at radius 3 is 3.11 bits per heavy atom. The molecule has 0 amide bonds. The van der Waals surface area contributed by atoms with E-state index in [0.29, 0.717) is 11.3 Å². The van der Waals surface area contributed by atoms with Crippen LogP contribution in [0.25, 0.3) is 10.2 Å².